The molecule has 0 spiro atoms. The normalized spacial score (nSPS) is 14.7. The molecule has 1 aliphatic rings. The number of hydrogen-bond donors (Lipinski definition) is 1. The summed E-state index contributed by atoms with van der Waals surface area (Å²) in [6.07, 6.45) is 1.90. The molecule has 2 rings (SSSR count). The Morgan fingerprint density at radius 3 is 2.76 bits per heavy atom. The lowest BCUT2D eigenvalue weighted by atomic mass is 10.1. The molecular weight excluding hydrogens is 289 g/mol. The minimum atomic E-state index is -0.671. The van der Waals surface area contributed by atoms with Crippen molar-refractivity contribution in [1.29, 1.82) is 0 Å². The number of benzene rings is 1. The van der Waals surface area contributed by atoms with E-state index in [1.807, 2.05) is 0 Å². The van der Waals surface area contributed by atoms with Crippen LogP contribution in [-0.4, -0.2) is 33.8 Å². The van der Waals surface area contributed by atoms with Crippen LogP contribution in [0.4, 0.5) is 4.39 Å². The second kappa shape index (κ2) is 5.04. The zero-order valence-electron chi connectivity index (χ0n) is 9.20. The molecule has 0 atom stereocenters. The van der Waals surface area contributed by atoms with E-state index in [0.29, 0.717) is 11.9 Å². The number of phenolic OH excluding ortho intramolecular Hbond substituents is 1. The predicted octanol–water partition coefficient (Wildman–Crippen LogP) is 2.53. The molecule has 1 N–H and O–H groups in total. The quantitative estimate of drug-likeness (QED) is 0.868. The average molecular weight is 302 g/mol. The van der Waals surface area contributed by atoms with E-state index in [9.17, 15) is 14.3 Å². The van der Waals surface area contributed by atoms with E-state index < -0.39 is 11.7 Å². The lowest BCUT2D eigenvalue weighted by molar-refractivity contribution is 0.0746. The second-order valence-corrected chi connectivity index (χ2v) is 4.85. The first-order chi connectivity index (χ1) is 8.15. The smallest absolute Gasteiger partial charge is 0.260 e. The van der Waals surface area contributed by atoms with Crippen LogP contribution in [0.1, 0.15) is 23.2 Å². The lowest BCUT2D eigenvalue weighted by Crippen LogP contribution is -2.35. The van der Waals surface area contributed by atoms with Crippen molar-refractivity contribution in [3.63, 3.8) is 0 Å². The summed E-state index contributed by atoms with van der Waals surface area (Å²) < 4.78 is 13.6. The average Bonchev–Trinajstić information content (AvgIpc) is 3.09. The molecule has 0 saturated heterocycles. The highest BCUT2D eigenvalue weighted by Crippen LogP contribution is 2.30. The van der Waals surface area contributed by atoms with E-state index in [1.54, 1.807) is 4.90 Å². The van der Waals surface area contributed by atoms with Gasteiger partial charge in [-0.3, -0.25) is 4.79 Å². The van der Waals surface area contributed by atoms with Gasteiger partial charge in [0.25, 0.3) is 5.91 Å². The van der Waals surface area contributed by atoms with E-state index in [2.05, 4.69) is 15.9 Å². The van der Waals surface area contributed by atoms with Crippen LogP contribution in [0.2, 0.25) is 0 Å². The minimum Gasteiger partial charge on any atom is -0.507 e. The van der Waals surface area contributed by atoms with Gasteiger partial charge in [-0.25, -0.2) is 4.39 Å². The fourth-order valence-electron chi connectivity index (χ4n) is 1.80. The van der Waals surface area contributed by atoms with Gasteiger partial charge in [-0.05, 0) is 25.0 Å². The van der Waals surface area contributed by atoms with Gasteiger partial charge in [0, 0.05) is 17.9 Å². The number of alkyl halides is 1. The Bertz CT molecular complexity index is 414. The third-order valence-corrected chi connectivity index (χ3v) is 3.13. The zero-order chi connectivity index (χ0) is 12.4. The van der Waals surface area contributed by atoms with Crippen molar-refractivity contribution < 1.29 is 14.3 Å². The summed E-state index contributed by atoms with van der Waals surface area (Å²) in [5, 5.41) is 10.2. The van der Waals surface area contributed by atoms with E-state index in [-0.39, 0.29) is 17.4 Å². The first-order valence-electron chi connectivity index (χ1n) is 5.49. The summed E-state index contributed by atoms with van der Waals surface area (Å²) in [6.45, 7) is 0.525. The Hall–Kier alpha value is -1.10. The minimum absolute atomic E-state index is 0.194. The molecule has 0 unspecified atom stereocenters. The number of hydrogen-bond acceptors (Lipinski definition) is 2. The topological polar surface area (TPSA) is 40.5 Å². The van der Waals surface area contributed by atoms with Gasteiger partial charge in [0.2, 0.25) is 0 Å². The number of aromatic hydroxyl groups is 1. The predicted molar refractivity (Wildman–Crippen MR) is 65.9 cm³/mol. The van der Waals surface area contributed by atoms with Gasteiger partial charge in [-0.1, -0.05) is 22.0 Å². The van der Waals surface area contributed by atoms with Gasteiger partial charge < -0.3 is 10.0 Å². The molecule has 1 aromatic carbocycles. The van der Waals surface area contributed by atoms with Crippen LogP contribution in [0.25, 0.3) is 0 Å². The fourth-order valence-corrected chi connectivity index (χ4v) is 2.18. The van der Waals surface area contributed by atoms with Crippen LogP contribution in [0.15, 0.2) is 18.2 Å². The van der Waals surface area contributed by atoms with Gasteiger partial charge in [0.05, 0.1) is 0 Å². The number of carbonyl (C=O) groups is 1. The number of halogens is 2. The van der Waals surface area contributed by atoms with Crippen LogP contribution in [-0.2, 0) is 0 Å². The van der Waals surface area contributed by atoms with Gasteiger partial charge in [-0.15, -0.1) is 0 Å². The number of rotatable bonds is 4. The Morgan fingerprint density at radius 1 is 1.53 bits per heavy atom. The summed E-state index contributed by atoms with van der Waals surface area (Å²) >= 11 is 3.27. The molecule has 1 aromatic rings. The van der Waals surface area contributed by atoms with Crippen LogP contribution in [0.5, 0.6) is 5.75 Å². The third kappa shape index (κ3) is 2.60. The number of amides is 1. The Labute approximate surface area is 107 Å². The molecular formula is C12H13BrFNO2. The molecule has 0 aliphatic heterocycles. The summed E-state index contributed by atoms with van der Waals surface area (Å²) in [4.78, 5) is 13.8. The number of phenols is 1. The van der Waals surface area contributed by atoms with Crippen molar-refractivity contribution in [2.24, 2.45) is 0 Å². The van der Waals surface area contributed by atoms with Gasteiger partial charge in [0.1, 0.15) is 17.1 Å². The zero-order valence-corrected chi connectivity index (χ0v) is 10.8. The molecule has 1 amide bonds. The Balaban J connectivity index is 2.28. The van der Waals surface area contributed by atoms with Crippen molar-refractivity contribution >= 4 is 21.8 Å². The molecule has 5 heteroatoms. The standard InChI is InChI=1S/C12H13BrFNO2/c13-6-7-15(8-4-5-8)12(17)11-9(14)2-1-3-10(11)16/h1-3,8,16H,4-7H2. The fraction of sp³-hybridized carbons (Fsp3) is 0.417. The first-order valence-corrected chi connectivity index (χ1v) is 6.61. The highest BCUT2D eigenvalue weighted by atomic mass is 79.9. The maximum atomic E-state index is 13.6. The molecule has 1 fully saturated rings. The van der Waals surface area contributed by atoms with E-state index in [1.165, 1.54) is 18.2 Å². The molecule has 0 radical (unpaired) electrons. The number of carbonyl (C=O) groups excluding carboxylic acids is 1. The monoisotopic (exact) mass is 301 g/mol. The molecule has 1 saturated carbocycles. The molecule has 3 nitrogen and oxygen atoms in total. The Morgan fingerprint density at radius 2 is 2.24 bits per heavy atom. The van der Waals surface area contributed by atoms with E-state index in [0.717, 1.165) is 12.8 Å². The first kappa shape index (κ1) is 12.4. The number of nitrogens with zero attached hydrogens (tertiary/aromatic N) is 1. The maximum absolute atomic E-state index is 13.6. The molecule has 0 heterocycles. The highest BCUT2D eigenvalue weighted by molar-refractivity contribution is 9.09. The molecule has 17 heavy (non-hydrogen) atoms. The van der Waals surface area contributed by atoms with Gasteiger partial charge in [-0.2, -0.15) is 0 Å². The van der Waals surface area contributed by atoms with Gasteiger partial charge in [0.15, 0.2) is 0 Å². The molecule has 0 bridgehead atoms. The van der Waals surface area contributed by atoms with E-state index >= 15 is 0 Å². The van der Waals surface area contributed by atoms with Crippen molar-refractivity contribution in [3.8, 4) is 5.75 Å². The van der Waals surface area contributed by atoms with Crippen LogP contribution in [0.3, 0.4) is 0 Å². The second-order valence-electron chi connectivity index (χ2n) is 4.05. The highest BCUT2D eigenvalue weighted by Gasteiger charge is 2.34. The van der Waals surface area contributed by atoms with Gasteiger partial charge >= 0.3 is 0 Å². The molecule has 0 aromatic heterocycles. The third-order valence-electron chi connectivity index (χ3n) is 2.78. The van der Waals surface area contributed by atoms with Crippen LogP contribution < -0.4 is 0 Å². The van der Waals surface area contributed by atoms with Crippen molar-refractivity contribution in [2.45, 2.75) is 18.9 Å². The summed E-state index contributed by atoms with van der Waals surface area (Å²) in [7, 11) is 0. The van der Waals surface area contributed by atoms with Crippen LogP contribution >= 0.6 is 15.9 Å². The SMILES string of the molecule is O=C(c1c(O)cccc1F)N(CCBr)C1CC1. The lowest BCUT2D eigenvalue weighted by Gasteiger charge is -2.22. The van der Waals surface area contributed by atoms with Crippen molar-refractivity contribution in [1.82, 2.24) is 4.90 Å². The van der Waals surface area contributed by atoms with Crippen molar-refractivity contribution in [3.05, 3.63) is 29.6 Å². The summed E-state index contributed by atoms with van der Waals surface area (Å²) in [5.74, 6) is -1.40. The van der Waals surface area contributed by atoms with E-state index in [4.69, 9.17) is 0 Å². The van der Waals surface area contributed by atoms with Crippen LogP contribution in [0, 0.1) is 5.82 Å². The summed E-state index contributed by atoms with van der Waals surface area (Å²) in [5.41, 5.74) is -0.222. The maximum Gasteiger partial charge on any atom is 0.260 e. The Kier molecular flexibility index (Phi) is 3.66. The molecule has 1 aliphatic carbocycles. The largest absolute Gasteiger partial charge is 0.507 e. The molecule has 92 valence electrons. The summed E-state index contributed by atoms with van der Waals surface area (Å²) in [6, 6.07) is 4.09. The van der Waals surface area contributed by atoms with Crippen molar-refractivity contribution in [2.75, 3.05) is 11.9 Å².